The lowest BCUT2D eigenvalue weighted by Gasteiger charge is -2.31. The third-order valence-electron chi connectivity index (χ3n) is 5.02. The average molecular weight is 365 g/mol. The molecule has 0 saturated carbocycles. The van der Waals surface area contributed by atoms with Crippen molar-refractivity contribution in [1.29, 1.82) is 0 Å². The summed E-state index contributed by atoms with van der Waals surface area (Å²) >= 11 is 5.87. The first-order valence-electron chi connectivity index (χ1n) is 9.03. The van der Waals surface area contributed by atoms with Gasteiger partial charge in [0.2, 0.25) is 11.8 Å². The van der Waals surface area contributed by atoms with Crippen molar-refractivity contribution in [1.82, 2.24) is 10.2 Å². The number of halogens is 1. The van der Waals surface area contributed by atoms with Gasteiger partial charge in [-0.1, -0.05) is 23.7 Å². The fourth-order valence-corrected chi connectivity index (χ4v) is 3.57. The van der Waals surface area contributed by atoms with E-state index in [0.717, 1.165) is 37.9 Å². The van der Waals surface area contributed by atoms with Crippen LogP contribution in [0, 0.1) is 5.92 Å². The van der Waals surface area contributed by atoms with Gasteiger partial charge in [0, 0.05) is 37.2 Å². The summed E-state index contributed by atoms with van der Waals surface area (Å²) in [5.41, 5.74) is 0.964. The topological polar surface area (TPSA) is 58.6 Å². The van der Waals surface area contributed by atoms with E-state index in [4.69, 9.17) is 16.3 Å². The lowest BCUT2D eigenvalue weighted by molar-refractivity contribution is -0.135. The quantitative estimate of drug-likeness (QED) is 0.872. The van der Waals surface area contributed by atoms with Crippen LogP contribution in [0.15, 0.2) is 24.3 Å². The Kier molecular flexibility index (Phi) is 6.32. The van der Waals surface area contributed by atoms with E-state index in [2.05, 4.69) is 5.32 Å². The van der Waals surface area contributed by atoms with Crippen LogP contribution in [-0.2, 0) is 20.7 Å². The van der Waals surface area contributed by atoms with E-state index in [1.807, 2.05) is 17.0 Å². The van der Waals surface area contributed by atoms with Crippen LogP contribution in [0.25, 0.3) is 0 Å². The van der Waals surface area contributed by atoms with Gasteiger partial charge < -0.3 is 15.0 Å². The second-order valence-electron chi connectivity index (χ2n) is 6.84. The van der Waals surface area contributed by atoms with Gasteiger partial charge in [0.15, 0.2) is 0 Å². The van der Waals surface area contributed by atoms with Crippen LogP contribution in [0.3, 0.4) is 0 Å². The number of ether oxygens (including phenoxy) is 1. The Balaban J connectivity index is 1.40. The number of benzene rings is 1. The van der Waals surface area contributed by atoms with Gasteiger partial charge in [0.1, 0.15) is 0 Å². The van der Waals surface area contributed by atoms with E-state index >= 15 is 0 Å². The van der Waals surface area contributed by atoms with Crippen LogP contribution in [-0.4, -0.2) is 49.1 Å². The third-order valence-corrected chi connectivity index (χ3v) is 5.27. The largest absolute Gasteiger partial charge is 0.376 e. The van der Waals surface area contributed by atoms with Gasteiger partial charge >= 0.3 is 0 Å². The molecule has 5 nitrogen and oxygen atoms in total. The van der Waals surface area contributed by atoms with Crippen molar-refractivity contribution in [2.75, 3.05) is 26.2 Å². The molecule has 0 aliphatic carbocycles. The molecule has 0 radical (unpaired) electrons. The zero-order valence-corrected chi connectivity index (χ0v) is 15.1. The lowest BCUT2D eigenvalue weighted by atomic mass is 9.95. The van der Waals surface area contributed by atoms with Crippen LogP contribution in [0.5, 0.6) is 0 Å². The zero-order chi connectivity index (χ0) is 17.6. The summed E-state index contributed by atoms with van der Waals surface area (Å²) in [6, 6.07) is 7.36. The normalized spacial score (nSPS) is 21.3. The predicted molar refractivity (Wildman–Crippen MR) is 96.4 cm³/mol. The average Bonchev–Trinajstić information content (AvgIpc) is 3.15. The van der Waals surface area contributed by atoms with Crippen molar-refractivity contribution in [3.8, 4) is 0 Å². The Bertz CT molecular complexity index is 591. The number of hydrogen-bond donors (Lipinski definition) is 1. The fraction of sp³-hybridized carbons (Fsp3) is 0.579. The second kappa shape index (κ2) is 8.68. The van der Waals surface area contributed by atoms with Gasteiger partial charge in [-0.05, 0) is 43.4 Å². The first-order chi connectivity index (χ1) is 12.1. The Labute approximate surface area is 153 Å². The molecular weight excluding hydrogens is 340 g/mol. The molecule has 3 rings (SSSR count). The first-order valence-corrected chi connectivity index (χ1v) is 9.41. The molecule has 2 aliphatic rings. The molecule has 6 heteroatoms. The molecule has 1 unspecified atom stereocenters. The maximum Gasteiger partial charge on any atom is 0.226 e. The maximum atomic E-state index is 12.4. The Hall–Kier alpha value is -1.59. The van der Waals surface area contributed by atoms with Gasteiger partial charge in [-0.2, -0.15) is 0 Å². The highest BCUT2D eigenvalue weighted by Crippen LogP contribution is 2.19. The van der Waals surface area contributed by atoms with Crippen molar-refractivity contribution < 1.29 is 14.3 Å². The third kappa shape index (κ3) is 5.19. The number of hydrogen-bond acceptors (Lipinski definition) is 3. The van der Waals surface area contributed by atoms with E-state index in [1.165, 1.54) is 0 Å². The molecule has 1 N–H and O–H groups in total. The molecule has 2 heterocycles. The van der Waals surface area contributed by atoms with Crippen LogP contribution in [0.4, 0.5) is 0 Å². The number of likely N-dealkylation sites (tertiary alicyclic amines) is 1. The number of nitrogens with zero attached hydrogens (tertiary/aromatic N) is 1. The Morgan fingerprint density at radius 3 is 2.52 bits per heavy atom. The molecule has 1 aromatic carbocycles. The van der Waals surface area contributed by atoms with Crippen LogP contribution in [0.1, 0.15) is 31.2 Å². The van der Waals surface area contributed by atoms with Crippen LogP contribution in [0.2, 0.25) is 5.02 Å². The van der Waals surface area contributed by atoms with Gasteiger partial charge in [-0.15, -0.1) is 0 Å². The van der Waals surface area contributed by atoms with Gasteiger partial charge in [-0.3, -0.25) is 9.59 Å². The van der Waals surface area contributed by atoms with Crippen molar-refractivity contribution in [2.45, 2.75) is 38.2 Å². The summed E-state index contributed by atoms with van der Waals surface area (Å²) in [4.78, 5) is 26.5. The highest BCUT2D eigenvalue weighted by Gasteiger charge is 2.28. The standard InChI is InChI=1S/C19H25ClN2O3/c20-16-5-3-14(4-6-16)12-18(23)22-9-7-15(8-10-22)19(24)21-13-17-2-1-11-25-17/h3-6,15,17H,1-2,7-13H2,(H,21,24). The minimum atomic E-state index is 0.000912. The molecule has 136 valence electrons. The Morgan fingerprint density at radius 1 is 1.16 bits per heavy atom. The van der Waals surface area contributed by atoms with Crippen molar-refractivity contribution >= 4 is 23.4 Å². The summed E-state index contributed by atoms with van der Waals surface area (Å²) in [6.45, 7) is 2.69. The molecule has 1 atom stereocenters. The van der Waals surface area contributed by atoms with E-state index in [0.29, 0.717) is 31.1 Å². The molecule has 1 aromatic rings. The van der Waals surface area contributed by atoms with Gasteiger partial charge in [0.05, 0.1) is 12.5 Å². The van der Waals surface area contributed by atoms with Crippen molar-refractivity contribution in [3.05, 3.63) is 34.9 Å². The highest BCUT2D eigenvalue weighted by molar-refractivity contribution is 6.30. The molecule has 0 spiro atoms. The molecule has 0 bridgehead atoms. The summed E-state index contributed by atoms with van der Waals surface area (Å²) in [7, 11) is 0. The number of carbonyl (C=O) groups is 2. The maximum absolute atomic E-state index is 12.4. The zero-order valence-electron chi connectivity index (χ0n) is 14.4. The first kappa shape index (κ1) is 18.2. The number of piperidine rings is 1. The fourth-order valence-electron chi connectivity index (χ4n) is 3.44. The lowest BCUT2D eigenvalue weighted by Crippen LogP contribution is -2.44. The molecule has 2 saturated heterocycles. The molecule has 0 aromatic heterocycles. The monoisotopic (exact) mass is 364 g/mol. The number of nitrogens with one attached hydrogen (secondary N) is 1. The molecule has 25 heavy (non-hydrogen) atoms. The minimum Gasteiger partial charge on any atom is -0.376 e. The molecule has 2 amide bonds. The number of carbonyl (C=O) groups excluding carboxylic acids is 2. The Morgan fingerprint density at radius 2 is 1.88 bits per heavy atom. The van der Waals surface area contributed by atoms with E-state index in [1.54, 1.807) is 12.1 Å². The van der Waals surface area contributed by atoms with E-state index in [9.17, 15) is 9.59 Å². The minimum absolute atomic E-state index is 0.000912. The SMILES string of the molecule is O=C(NCC1CCCO1)C1CCN(C(=O)Cc2ccc(Cl)cc2)CC1. The van der Waals surface area contributed by atoms with E-state index in [-0.39, 0.29) is 23.8 Å². The summed E-state index contributed by atoms with van der Waals surface area (Å²) in [5.74, 6) is 0.210. The predicted octanol–water partition coefficient (Wildman–Crippen LogP) is 2.42. The molecule has 2 aliphatic heterocycles. The number of amides is 2. The van der Waals surface area contributed by atoms with E-state index < -0.39 is 0 Å². The summed E-state index contributed by atoms with van der Waals surface area (Å²) in [6.07, 6.45) is 4.11. The van der Waals surface area contributed by atoms with Gasteiger partial charge in [-0.25, -0.2) is 0 Å². The smallest absolute Gasteiger partial charge is 0.226 e. The van der Waals surface area contributed by atoms with Crippen LogP contribution >= 0.6 is 11.6 Å². The van der Waals surface area contributed by atoms with Gasteiger partial charge in [0.25, 0.3) is 0 Å². The molecule has 2 fully saturated rings. The summed E-state index contributed by atoms with van der Waals surface area (Å²) < 4.78 is 5.53. The second-order valence-corrected chi connectivity index (χ2v) is 7.27. The number of rotatable bonds is 5. The van der Waals surface area contributed by atoms with Crippen molar-refractivity contribution in [3.63, 3.8) is 0 Å². The van der Waals surface area contributed by atoms with Crippen molar-refractivity contribution in [2.24, 2.45) is 5.92 Å². The van der Waals surface area contributed by atoms with Crippen LogP contribution < -0.4 is 5.32 Å². The highest BCUT2D eigenvalue weighted by atomic mass is 35.5. The summed E-state index contributed by atoms with van der Waals surface area (Å²) in [5, 5.41) is 3.68. The molecular formula is C19H25ClN2O3.